The van der Waals surface area contributed by atoms with Gasteiger partial charge in [-0.15, -0.1) is 10.2 Å². The molecule has 0 amide bonds. The van der Waals surface area contributed by atoms with E-state index in [1.165, 1.54) is 6.92 Å². The number of halogens is 2. The second-order valence-corrected chi connectivity index (χ2v) is 1.52. The summed E-state index contributed by atoms with van der Waals surface area (Å²) in [5.74, 6) is -0.210. The Hall–Kier alpha value is -1.00. The van der Waals surface area contributed by atoms with E-state index < -0.39 is 12.3 Å². The molecule has 0 fully saturated rings. The molecule has 1 aliphatic heterocycles. The molecule has 0 aromatic heterocycles. The molecule has 0 spiro atoms. The Morgan fingerprint density at radius 2 is 2.00 bits per heavy atom. The molecule has 49 valence electrons. The minimum absolute atomic E-state index is 0.283. The molecule has 0 unspecified atom stereocenters. The third kappa shape index (κ3) is 1.22. The van der Waals surface area contributed by atoms with Crippen LogP contribution in [0.3, 0.4) is 0 Å². The van der Waals surface area contributed by atoms with Crippen LogP contribution >= 0.6 is 0 Å². The number of nitrogens with zero attached hydrogens (tertiary/aromatic N) is 3. The summed E-state index contributed by atoms with van der Waals surface area (Å²) in [6.07, 6.45) is -2.61. The first kappa shape index (κ1) is 6.12. The predicted octanol–water partition coefficient (Wildman–Crippen LogP) is 0.601. The zero-order valence-corrected chi connectivity index (χ0v) is 4.67. The van der Waals surface area contributed by atoms with Crippen molar-refractivity contribution in [3.05, 3.63) is 0 Å². The molecule has 9 heavy (non-hydrogen) atoms. The highest BCUT2D eigenvalue weighted by Crippen LogP contribution is 2.00. The molecule has 0 saturated heterocycles. The SMILES string of the molecule is CC1=NN=C(C(F)F)[N]1. The molecular formula is C4H4F2N3. The standard InChI is InChI=1S/C4H4F2N3/c1-2-7-4(3(5)6)9-8-2/h3H,1H3. The van der Waals surface area contributed by atoms with Gasteiger partial charge >= 0.3 is 0 Å². The highest BCUT2D eigenvalue weighted by molar-refractivity contribution is 6.03. The second-order valence-electron chi connectivity index (χ2n) is 1.52. The van der Waals surface area contributed by atoms with E-state index in [9.17, 15) is 8.78 Å². The molecule has 0 saturated carbocycles. The number of hydrogen-bond acceptors (Lipinski definition) is 2. The van der Waals surface area contributed by atoms with E-state index in [4.69, 9.17) is 0 Å². The van der Waals surface area contributed by atoms with Gasteiger partial charge in [0.25, 0.3) is 6.43 Å². The summed E-state index contributed by atoms with van der Waals surface area (Å²) in [6.45, 7) is 1.51. The third-order valence-corrected chi connectivity index (χ3v) is 0.769. The minimum Gasteiger partial charge on any atom is -0.209 e. The van der Waals surface area contributed by atoms with Crippen molar-refractivity contribution >= 4 is 11.7 Å². The Balaban J connectivity index is 2.54. The molecule has 1 rings (SSSR count). The van der Waals surface area contributed by atoms with Gasteiger partial charge in [-0.2, -0.15) is 0 Å². The molecule has 0 bridgehead atoms. The largest absolute Gasteiger partial charge is 0.299 e. The van der Waals surface area contributed by atoms with Crippen molar-refractivity contribution in [2.75, 3.05) is 0 Å². The molecule has 0 aromatic rings. The maximum absolute atomic E-state index is 11.6. The van der Waals surface area contributed by atoms with Crippen LogP contribution in [-0.4, -0.2) is 18.1 Å². The van der Waals surface area contributed by atoms with E-state index in [0.29, 0.717) is 0 Å². The first-order valence-corrected chi connectivity index (χ1v) is 2.32. The quantitative estimate of drug-likeness (QED) is 0.501. The first-order valence-electron chi connectivity index (χ1n) is 2.32. The second kappa shape index (κ2) is 2.08. The Morgan fingerprint density at radius 3 is 2.22 bits per heavy atom. The lowest BCUT2D eigenvalue weighted by Gasteiger charge is -1.93. The smallest absolute Gasteiger partial charge is 0.209 e. The van der Waals surface area contributed by atoms with Gasteiger partial charge in [0.1, 0.15) is 5.84 Å². The van der Waals surface area contributed by atoms with Crippen LogP contribution in [0.15, 0.2) is 10.2 Å². The molecule has 3 nitrogen and oxygen atoms in total. The summed E-state index contributed by atoms with van der Waals surface area (Å²) in [5, 5.41) is 9.74. The van der Waals surface area contributed by atoms with E-state index in [1.807, 2.05) is 0 Å². The summed E-state index contributed by atoms with van der Waals surface area (Å²) in [5.41, 5.74) is 0. The number of amidine groups is 2. The Morgan fingerprint density at radius 1 is 1.33 bits per heavy atom. The van der Waals surface area contributed by atoms with Crippen LogP contribution in [0.4, 0.5) is 8.78 Å². The highest BCUT2D eigenvalue weighted by Gasteiger charge is 2.19. The molecule has 5 heteroatoms. The highest BCUT2D eigenvalue weighted by atomic mass is 19.3. The summed E-state index contributed by atoms with van der Waals surface area (Å²) in [7, 11) is 0. The Bertz CT molecular complexity index is 173. The van der Waals surface area contributed by atoms with E-state index in [2.05, 4.69) is 15.5 Å². The van der Waals surface area contributed by atoms with Crippen LogP contribution in [0.1, 0.15) is 6.92 Å². The maximum Gasteiger partial charge on any atom is 0.299 e. The summed E-state index contributed by atoms with van der Waals surface area (Å²) in [4.78, 5) is 0. The molecular weight excluding hydrogens is 128 g/mol. The van der Waals surface area contributed by atoms with Crippen molar-refractivity contribution in [1.29, 1.82) is 0 Å². The van der Waals surface area contributed by atoms with Gasteiger partial charge in [-0.05, 0) is 6.92 Å². The average Bonchev–Trinajstić information content (AvgIpc) is 2.14. The Kier molecular flexibility index (Phi) is 1.42. The van der Waals surface area contributed by atoms with Crippen molar-refractivity contribution in [3.8, 4) is 0 Å². The van der Waals surface area contributed by atoms with Gasteiger partial charge in [0.05, 0.1) is 0 Å². The topological polar surface area (TPSA) is 38.8 Å². The van der Waals surface area contributed by atoms with Crippen molar-refractivity contribution in [2.24, 2.45) is 10.2 Å². The molecule has 0 aromatic carbocycles. The van der Waals surface area contributed by atoms with Gasteiger partial charge in [0, 0.05) is 0 Å². The van der Waals surface area contributed by atoms with Crippen LogP contribution in [0.25, 0.3) is 0 Å². The average molecular weight is 132 g/mol. The van der Waals surface area contributed by atoms with E-state index in [-0.39, 0.29) is 5.84 Å². The minimum atomic E-state index is -2.61. The normalized spacial score (nSPS) is 17.3. The molecule has 1 radical (unpaired) electrons. The lowest BCUT2D eigenvalue weighted by molar-refractivity contribution is 0.222. The zero-order valence-electron chi connectivity index (χ0n) is 4.67. The fourth-order valence-corrected chi connectivity index (χ4v) is 0.427. The van der Waals surface area contributed by atoms with E-state index in [1.54, 1.807) is 0 Å². The fourth-order valence-electron chi connectivity index (χ4n) is 0.427. The van der Waals surface area contributed by atoms with Gasteiger partial charge in [-0.25, -0.2) is 14.1 Å². The van der Waals surface area contributed by atoms with Crippen LogP contribution < -0.4 is 5.32 Å². The number of rotatable bonds is 1. The van der Waals surface area contributed by atoms with E-state index in [0.717, 1.165) is 0 Å². The Labute approximate surface area is 50.5 Å². The first-order chi connectivity index (χ1) is 4.20. The van der Waals surface area contributed by atoms with Crippen molar-refractivity contribution < 1.29 is 8.78 Å². The fraction of sp³-hybridized carbons (Fsp3) is 0.500. The number of alkyl halides is 2. The van der Waals surface area contributed by atoms with Crippen LogP contribution in [-0.2, 0) is 0 Å². The monoisotopic (exact) mass is 132 g/mol. The van der Waals surface area contributed by atoms with Gasteiger partial charge in [0.2, 0.25) is 5.84 Å². The van der Waals surface area contributed by atoms with Crippen molar-refractivity contribution in [2.45, 2.75) is 13.3 Å². The van der Waals surface area contributed by atoms with Gasteiger partial charge in [0.15, 0.2) is 0 Å². The summed E-state index contributed by atoms with van der Waals surface area (Å²) < 4.78 is 23.2. The molecule has 1 heterocycles. The van der Waals surface area contributed by atoms with Crippen molar-refractivity contribution in [1.82, 2.24) is 5.32 Å². The van der Waals surface area contributed by atoms with Gasteiger partial charge < -0.3 is 0 Å². The lowest BCUT2D eigenvalue weighted by Crippen LogP contribution is -2.22. The maximum atomic E-state index is 11.6. The lowest BCUT2D eigenvalue weighted by atomic mass is 10.6. The summed E-state index contributed by atoms with van der Waals surface area (Å²) >= 11 is 0. The van der Waals surface area contributed by atoms with Crippen LogP contribution in [0.2, 0.25) is 0 Å². The predicted molar refractivity (Wildman–Crippen MR) is 28.7 cm³/mol. The molecule has 1 aliphatic rings. The third-order valence-electron chi connectivity index (χ3n) is 0.769. The van der Waals surface area contributed by atoms with Gasteiger partial charge in [-0.3, -0.25) is 0 Å². The molecule has 0 aliphatic carbocycles. The zero-order chi connectivity index (χ0) is 6.85. The summed E-state index contributed by atoms with van der Waals surface area (Å²) in [6, 6.07) is 0. The number of hydrogen-bond donors (Lipinski definition) is 0. The van der Waals surface area contributed by atoms with Gasteiger partial charge in [-0.1, -0.05) is 0 Å². The molecule has 0 N–H and O–H groups in total. The van der Waals surface area contributed by atoms with Crippen molar-refractivity contribution in [3.63, 3.8) is 0 Å². The molecule has 0 atom stereocenters. The van der Waals surface area contributed by atoms with Crippen LogP contribution in [0.5, 0.6) is 0 Å². The van der Waals surface area contributed by atoms with E-state index >= 15 is 0 Å². The van der Waals surface area contributed by atoms with Crippen LogP contribution in [0, 0.1) is 0 Å².